The molecule has 3 saturated heterocycles. The Morgan fingerprint density at radius 3 is 2.10 bits per heavy atom. The molecule has 0 aromatic rings. The van der Waals surface area contributed by atoms with Gasteiger partial charge in [-0.3, -0.25) is 9.59 Å². The summed E-state index contributed by atoms with van der Waals surface area (Å²) in [5, 5.41) is 55.5. The number of cyclic esters (lactones) is 1. The summed E-state index contributed by atoms with van der Waals surface area (Å²) >= 11 is 0. The van der Waals surface area contributed by atoms with E-state index < -0.39 is 140 Å². The predicted molar refractivity (Wildman–Crippen MR) is 226 cm³/mol. The Morgan fingerprint density at radius 2 is 1.51 bits per heavy atom. The van der Waals surface area contributed by atoms with Crippen LogP contribution in [0.25, 0.3) is 0 Å². The number of hydrogen-bond donors (Lipinski definition) is 5. The van der Waals surface area contributed by atoms with Gasteiger partial charge in [-0.25, -0.2) is 0 Å². The zero-order chi connectivity index (χ0) is 47.1. The maximum Gasteiger partial charge on any atom is 0.308 e. The van der Waals surface area contributed by atoms with Crippen molar-refractivity contribution in [1.82, 2.24) is 4.90 Å². The molecule has 18 nitrogen and oxygen atoms in total. The number of carbonyl (C=O) groups excluding carboxylic acids is 3. The van der Waals surface area contributed by atoms with Gasteiger partial charge in [0.2, 0.25) is 0 Å². The average molecular weight is 902 g/mol. The molecule has 0 spiro atoms. The first-order chi connectivity index (χ1) is 29.6. The molecule has 4 aliphatic heterocycles. The predicted octanol–water partition coefficient (Wildman–Crippen LogP) is 1.44. The summed E-state index contributed by atoms with van der Waals surface area (Å²) in [6, 6.07) is -0.767. The Hall–Kier alpha value is -2.27. The fourth-order valence-electron chi connectivity index (χ4n) is 9.19. The van der Waals surface area contributed by atoms with Crippen molar-refractivity contribution in [2.24, 2.45) is 23.7 Å². The van der Waals surface area contributed by atoms with E-state index in [2.05, 4.69) is 0 Å². The maximum absolute atomic E-state index is 13.7. The molecule has 362 valence electrons. The van der Waals surface area contributed by atoms with Crippen molar-refractivity contribution < 1.29 is 82.5 Å². The molecule has 0 aromatic heterocycles. The van der Waals surface area contributed by atoms with Crippen LogP contribution in [-0.2, 0) is 57.0 Å². The first-order valence-electron chi connectivity index (χ1n) is 22.2. The number of hydrogen-bond acceptors (Lipinski definition) is 18. The normalized spacial score (nSPS) is 46.5. The number of allylic oxidation sites excluding steroid dienone is 3. The number of methoxy groups -OCH3 is 2. The number of likely N-dealkylation sites (N-methyl/N-ethyl adjacent to an activating group) is 1. The Balaban J connectivity index is 1.60. The number of nitrogens with zero attached hydrogens (tertiary/aromatic N) is 1. The van der Waals surface area contributed by atoms with Crippen molar-refractivity contribution in [3.63, 3.8) is 0 Å². The maximum atomic E-state index is 13.7. The van der Waals surface area contributed by atoms with Crippen LogP contribution in [-0.4, -0.2) is 187 Å². The van der Waals surface area contributed by atoms with Crippen LogP contribution in [0, 0.1) is 23.7 Å². The van der Waals surface area contributed by atoms with E-state index in [9.17, 15) is 39.9 Å². The van der Waals surface area contributed by atoms with Crippen LogP contribution in [0.15, 0.2) is 23.8 Å². The topological polar surface area (TPSA) is 239 Å². The van der Waals surface area contributed by atoms with Gasteiger partial charge in [0, 0.05) is 44.3 Å². The highest BCUT2D eigenvalue weighted by Gasteiger charge is 2.52. The van der Waals surface area contributed by atoms with E-state index in [4.69, 9.17) is 42.6 Å². The molecule has 63 heavy (non-hydrogen) atoms. The van der Waals surface area contributed by atoms with Crippen LogP contribution >= 0.6 is 0 Å². The molecule has 0 aliphatic carbocycles. The smallest absolute Gasteiger partial charge is 0.308 e. The van der Waals surface area contributed by atoms with E-state index in [0.717, 1.165) is 0 Å². The van der Waals surface area contributed by atoms with Crippen molar-refractivity contribution in [1.29, 1.82) is 0 Å². The summed E-state index contributed by atoms with van der Waals surface area (Å²) in [7, 11) is 6.40. The Morgan fingerprint density at radius 1 is 0.857 bits per heavy atom. The number of aliphatic hydroxyl groups excluding tert-OH is 4. The number of ether oxygens (including phenoxy) is 9. The Kier molecular flexibility index (Phi) is 19.9. The first kappa shape index (κ1) is 53.3. The largest absolute Gasteiger partial charge is 0.462 e. The van der Waals surface area contributed by atoms with Gasteiger partial charge in [-0.15, -0.1) is 0 Å². The molecule has 18 heteroatoms. The molecule has 3 fully saturated rings. The first-order valence-corrected chi connectivity index (χ1v) is 22.2. The molecule has 0 aromatic carbocycles. The van der Waals surface area contributed by atoms with Gasteiger partial charge in [-0.2, -0.15) is 0 Å². The Labute approximate surface area is 372 Å². The molecule has 4 aliphatic rings. The lowest BCUT2D eigenvalue weighted by atomic mass is 9.81. The highest BCUT2D eigenvalue weighted by atomic mass is 16.7. The van der Waals surface area contributed by atoms with E-state index in [1.165, 1.54) is 27.2 Å². The molecule has 4 heterocycles. The van der Waals surface area contributed by atoms with Crippen LogP contribution in [0.4, 0.5) is 0 Å². The third kappa shape index (κ3) is 13.2. The summed E-state index contributed by atoms with van der Waals surface area (Å²) in [5.74, 6) is -4.14. The number of carbonyl (C=O) groups is 3. The lowest BCUT2D eigenvalue weighted by Gasteiger charge is -2.50. The molecule has 0 saturated carbocycles. The minimum Gasteiger partial charge on any atom is -0.462 e. The van der Waals surface area contributed by atoms with Gasteiger partial charge in [-0.1, -0.05) is 38.5 Å². The van der Waals surface area contributed by atoms with E-state index in [-0.39, 0.29) is 25.2 Å². The Bertz CT molecular complexity index is 1540. The van der Waals surface area contributed by atoms with Gasteiger partial charge in [0.25, 0.3) is 0 Å². The monoisotopic (exact) mass is 902 g/mol. The molecule has 21 atom stereocenters. The van der Waals surface area contributed by atoms with Crippen LogP contribution in [0.1, 0.15) is 81.1 Å². The number of aliphatic hydroxyl groups is 5. The van der Waals surface area contributed by atoms with Crippen molar-refractivity contribution in [2.75, 3.05) is 34.9 Å². The fourth-order valence-corrected chi connectivity index (χ4v) is 9.19. The molecule has 0 bridgehead atoms. The quantitative estimate of drug-likeness (QED) is 0.138. The van der Waals surface area contributed by atoms with Gasteiger partial charge in [0.15, 0.2) is 24.7 Å². The summed E-state index contributed by atoms with van der Waals surface area (Å²) < 4.78 is 54.4. The molecular formula is C45H75NO17. The standard InChI is InChI=1S/C45H75NO17/c1-13-32-29(21-57-44-41(56-12)40(55-11)36(51)25(5)59-44)16-22(2)14-15-30(48)23(3)17-28(20-47)38(24(4)31(49)18-33(50)61-32)63-43-37(52)35(46(9)10)39(26(6)60-43)62-34-19-45(8,54)42(53)27(7)58-34/h14-16,20,23-29,31-32,34-44,49,51-54H,13,17-19,21H2,1-12H3/b15-14+,22-16-. The highest BCUT2D eigenvalue weighted by molar-refractivity contribution is 5.92. The SMILES string of the molecule is CCC1OC(=O)CC(O)C(C)C(OC2OC(C)C(OC3CC(C)(O)C(O)C(C)O3)C(N(C)C)C2O)C(C=O)CC(C)C(=O)/C=C/C(C)=C\C1COC1OC(C)C(O)C(OC)C1OC. The van der Waals surface area contributed by atoms with Gasteiger partial charge in [-0.05, 0) is 67.6 Å². The van der Waals surface area contributed by atoms with Crippen LogP contribution in [0.5, 0.6) is 0 Å². The molecule has 4 rings (SSSR count). The lowest BCUT2D eigenvalue weighted by molar-refractivity contribution is -0.341. The van der Waals surface area contributed by atoms with Gasteiger partial charge < -0.3 is 77.9 Å². The summed E-state index contributed by atoms with van der Waals surface area (Å²) in [6.07, 6.45) is -9.08. The summed E-state index contributed by atoms with van der Waals surface area (Å²) in [4.78, 5) is 42.0. The number of aldehydes is 1. The van der Waals surface area contributed by atoms with Crippen molar-refractivity contribution in [3.05, 3.63) is 23.8 Å². The lowest BCUT2D eigenvalue weighted by Crippen LogP contribution is -2.65. The third-order valence-electron chi connectivity index (χ3n) is 13.1. The zero-order valence-electron chi connectivity index (χ0n) is 39.0. The van der Waals surface area contributed by atoms with E-state index in [1.54, 1.807) is 66.6 Å². The van der Waals surface area contributed by atoms with Gasteiger partial charge in [0.05, 0.1) is 55.2 Å². The van der Waals surface area contributed by atoms with Crippen LogP contribution < -0.4 is 0 Å². The number of esters is 1. The summed E-state index contributed by atoms with van der Waals surface area (Å²) in [6.45, 7) is 13.5. The van der Waals surface area contributed by atoms with Crippen molar-refractivity contribution >= 4 is 18.0 Å². The molecule has 0 amide bonds. The van der Waals surface area contributed by atoms with E-state index >= 15 is 0 Å². The fraction of sp³-hybridized carbons (Fsp3) is 0.844. The van der Waals surface area contributed by atoms with Crippen LogP contribution in [0.3, 0.4) is 0 Å². The second-order valence-electron chi connectivity index (χ2n) is 18.4. The molecule has 5 N–H and O–H groups in total. The second kappa shape index (κ2) is 23.5. The number of ketones is 1. The van der Waals surface area contributed by atoms with Crippen LogP contribution in [0.2, 0.25) is 0 Å². The van der Waals surface area contributed by atoms with E-state index in [0.29, 0.717) is 18.3 Å². The molecule has 0 radical (unpaired) electrons. The van der Waals surface area contributed by atoms with Crippen molar-refractivity contribution in [2.45, 2.75) is 185 Å². The van der Waals surface area contributed by atoms with Crippen molar-refractivity contribution in [3.8, 4) is 0 Å². The molecule has 21 unspecified atom stereocenters. The minimum atomic E-state index is -1.49. The number of rotatable bonds is 12. The average Bonchev–Trinajstić information content (AvgIpc) is 3.22. The van der Waals surface area contributed by atoms with E-state index in [1.807, 2.05) is 13.0 Å². The minimum absolute atomic E-state index is 0.0117. The third-order valence-corrected chi connectivity index (χ3v) is 13.1. The van der Waals surface area contributed by atoms with Gasteiger partial charge >= 0.3 is 5.97 Å². The zero-order valence-corrected chi connectivity index (χ0v) is 39.0. The highest BCUT2D eigenvalue weighted by Crippen LogP contribution is 2.37. The molecular weight excluding hydrogens is 826 g/mol. The van der Waals surface area contributed by atoms with Gasteiger partial charge in [0.1, 0.15) is 49.0 Å². The summed E-state index contributed by atoms with van der Waals surface area (Å²) in [5.41, 5.74) is -0.826. The second-order valence-corrected chi connectivity index (χ2v) is 18.4.